The van der Waals surface area contributed by atoms with Gasteiger partial charge in [0, 0.05) is 37.2 Å². The zero-order valence-electron chi connectivity index (χ0n) is 14.6. The third-order valence-corrected chi connectivity index (χ3v) is 4.45. The van der Waals surface area contributed by atoms with Crippen LogP contribution in [0.15, 0.2) is 18.6 Å². The van der Waals surface area contributed by atoms with Gasteiger partial charge in [-0.25, -0.2) is 9.78 Å². The van der Waals surface area contributed by atoms with Crippen LogP contribution in [0.25, 0.3) is 0 Å². The lowest BCUT2D eigenvalue weighted by Crippen LogP contribution is -2.39. The quantitative estimate of drug-likeness (QED) is 0.882. The summed E-state index contributed by atoms with van der Waals surface area (Å²) >= 11 is 0. The van der Waals surface area contributed by atoms with Crippen molar-refractivity contribution in [1.29, 1.82) is 0 Å². The molecule has 0 fully saturated rings. The van der Waals surface area contributed by atoms with Crippen molar-refractivity contribution in [3.63, 3.8) is 0 Å². The Morgan fingerprint density at radius 3 is 3.08 bits per heavy atom. The molecule has 24 heavy (non-hydrogen) atoms. The summed E-state index contributed by atoms with van der Waals surface area (Å²) in [6, 6.07) is -0.117. The van der Waals surface area contributed by atoms with Crippen molar-refractivity contribution in [3.8, 4) is 0 Å². The van der Waals surface area contributed by atoms with Crippen molar-refractivity contribution in [1.82, 2.24) is 30.0 Å². The summed E-state index contributed by atoms with van der Waals surface area (Å²) in [5.74, 6) is 1.42. The summed E-state index contributed by atoms with van der Waals surface area (Å²) in [6.07, 6.45) is 8.65. The number of aromatic nitrogens is 4. The van der Waals surface area contributed by atoms with Crippen LogP contribution in [0.4, 0.5) is 4.79 Å². The van der Waals surface area contributed by atoms with Crippen LogP contribution in [0.3, 0.4) is 0 Å². The Morgan fingerprint density at radius 2 is 2.29 bits per heavy atom. The molecule has 7 heteroatoms. The van der Waals surface area contributed by atoms with Crippen molar-refractivity contribution < 1.29 is 4.79 Å². The van der Waals surface area contributed by atoms with Gasteiger partial charge in [-0.3, -0.25) is 4.68 Å². The second kappa shape index (κ2) is 7.07. The molecule has 1 atom stereocenters. The van der Waals surface area contributed by atoms with Crippen LogP contribution in [0.2, 0.25) is 0 Å². The monoisotopic (exact) mass is 330 g/mol. The fourth-order valence-corrected chi connectivity index (χ4v) is 3.29. The lowest BCUT2D eigenvalue weighted by atomic mass is 9.93. The largest absolute Gasteiger partial charge is 0.333 e. The maximum absolute atomic E-state index is 12.3. The number of hydrogen-bond acceptors (Lipinski definition) is 3. The first-order valence-electron chi connectivity index (χ1n) is 8.59. The third-order valence-electron chi connectivity index (χ3n) is 4.45. The molecule has 0 aromatic carbocycles. The van der Waals surface area contributed by atoms with E-state index in [2.05, 4.69) is 39.1 Å². The average molecular weight is 330 g/mol. The highest BCUT2D eigenvalue weighted by atomic mass is 16.2. The maximum Gasteiger partial charge on any atom is 0.315 e. The van der Waals surface area contributed by atoms with Crippen LogP contribution < -0.4 is 10.6 Å². The van der Waals surface area contributed by atoms with Crippen LogP contribution >= 0.6 is 0 Å². The number of amides is 2. The molecule has 2 aromatic rings. The Labute approximate surface area is 142 Å². The van der Waals surface area contributed by atoms with Gasteiger partial charge >= 0.3 is 6.03 Å². The third kappa shape index (κ3) is 3.60. The summed E-state index contributed by atoms with van der Waals surface area (Å²) in [4.78, 5) is 16.6. The molecular formula is C17H26N6O. The van der Waals surface area contributed by atoms with Crippen LogP contribution in [0, 0.1) is 5.92 Å². The number of imidazole rings is 1. The lowest BCUT2D eigenvalue weighted by molar-refractivity contribution is 0.234. The van der Waals surface area contributed by atoms with Gasteiger partial charge in [0.2, 0.25) is 0 Å². The first kappa shape index (κ1) is 16.5. The second-order valence-corrected chi connectivity index (χ2v) is 6.83. The predicted molar refractivity (Wildman–Crippen MR) is 91.3 cm³/mol. The molecule has 2 N–H and O–H groups in total. The first-order chi connectivity index (χ1) is 11.5. The van der Waals surface area contributed by atoms with Crippen LogP contribution in [0.5, 0.6) is 0 Å². The topological polar surface area (TPSA) is 76.8 Å². The van der Waals surface area contributed by atoms with E-state index >= 15 is 0 Å². The number of carbonyl (C=O) groups excluding carboxylic acids is 1. The summed E-state index contributed by atoms with van der Waals surface area (Å²) in [7, 11) is 1.95. The van der Waals surface area contributed by atoms with E-state index in [0.29, 0.717) is 12.5 Å². The molecule has 0 spiro atoms. The summed E-state index contributed by atoms with van der Waals surface area (Å²) in [5.41, 5.74) is 2.36. The highest BCUT2D eigenvalue weighted by Gasteiger charge is 2.24. The van der Waals surface area contributed by atoms with Crippen molar-refractivity contribution >= 4 is 6.03 Å². The molecule has 0 aliphatic heterocycles. The molecule has 1 unspecified atom stereocenters. The highest BCUT2D eigenvalue weighted by molar-refractivity contribution is 5.74. The molecule has 0 saturated carbocycles. The number of hydrogen-bond donors (Lipinski definition) is 2. The van der Waals surface area contributed by atoms with Crippen LogP contribution in [0.1, 0.15) is 49.8 Å². The Balaban J connectivity index is 1.56. The van der Waals surface area contributed by atoms with Crippen molar-refractivity contribution in [3.05, 3.63) is 35.7 Å². The molecule has 2 aromatic heterocycles. The second-order valence-electron chi connectivity index (χ2n) is 6.83. The van der Waals surface area contributed by atoms with E-state index in [0.717, 1.165) is 37.2 Å². The first-order valence-corrected chi connectivity index (χ1v) is 8.59. The van der Waals surface area contributed by atoms with Crippen molar-refractivity contribution in [2.24, 2.45) is 13.0 Å². The number of urea groups is 1. The highest BCUT2D eigenvalue weighted by Crippen LogP contribution is 2.28. The number of aryl methyl sites for hydroxylation is 1. The number of carbonyl (C=O) groups is 1. The Bertz CT molecular complexity index is 702. The standard InChI is InChI=1S/C17H26N6O/c1-12(2)11-23-8-7-18-16(23)10-19-17(24)21-14-5-4-6-15-13(14)9-20-22(15)3/h7-9,12,14H,4-6,10-11H2,1-3H3,(H2,19,21,24). The Kier molecular flexibility index (Phi) is 4.87. The molecule has 1 aliphatic carbocycles. The van der Waals surface area contributed by atoms with Crippen LogP contribution in [-0.4, -0.2) is 25.4 Å². The molecule has 2 amide bonds. The van der Waals surface area contributed by atoms with Gasteiger partial charge in [0.15, 0.2) is 0 Å². The SMILES string of the molecule is CC(C)Cn1ccnc1CNC(=O)NC1CCCc2c1cnn2C. The van der Waals surface area contributed by atoms with Crippen molar-refractivity contribution in [2.45, 2.75) is 52.2 Å². The maximum atomic E-state index is 12.3. The summed E-state index contributed by atoms with van der Waals surface area (Å²) in [6.45, 7) is 5.66. The molecule has 3 rings (SSSR count). The van der Waals surface area contributed by atoms with E-state index in [1.807, 2.05) is 24.1 Å². The van der Waals surface area contributed by atoms with E-state index in [-0.39, 0.29) is 12.1 Å². The van der Waals surface area contributed by atoms with Gasteiger partial charge in [-0.2, -0.15) is 5.10 Å². The Hall–Kier alpha value is -2.31. The number of nitrogens with zero attached hydrogens (tertiary/aromatic N) is 4. The smallest absolute Gasteiger partial charge is 0.315 e. The average Bonchev–Trinajstić information content (AvgIpc) is 3.13. The molecule has 0 bridgehead atoms. The molecule has 2 heterocycles. The van der Waals surface area contributed by atoms with E-state index in [9.17, 15) is 4.79 Å². The zero-order chi connectivity index (χ0) is 17.1. The van der Waals surface area contributed by atoms with E-state index < -0.39 is 0 Å². The fraction of sp³-hybridized carbons (Fsp3) is 0.588. The Morgan fingerprint density at radius 1 is 1.46 bits per heavy atom. The summed E-state index contributed by atoms with van der Waals surface area (Å²) < 4.78 is 3.99. The molecule has 0 saturated heterocycles. The van der Waals surface area contributed by atoms with E-state index in [1.165, 1.54) is 5.69 Å². The van der Waals surface area contributed by atoms with E-state index in [1.54, 1.807) is 6.20 Å². The molecule has 7 nitrogen and oxygen atoms in total. The minimum Gasteiger partial charge on any atom is -0.333 e. The normalized spacial score (nSPS) is 16.9. The van der Waals surface area contributed by atoms with Crippen molar-refractivity contribution in [2.75, 3.05) is 0 Å². The molecule has 130 valence electrons. The van der Waals surface area contributed by atoms with Gasteiger partial charge < -0.3 is 15.2 Å². The molecule has 0 radical (unpaired) electrons. The van der Waals surface area contributed by atoms with Gasteiger partial charge in [0.05, 0.1) is 18.8 Å². The molecular weight excluding hydrogens is 304 g/mol. The van der Waals surface area contributed by atoms with Crippen LogP contribution in [-0.2, 0) is 26.6 Å². The lowest BCUT2D eigenvalue weighted by Gasteiger charge is -2.24. The van der Waals surface area contributed by atoms with Gasteiger partial charge in [-0.15, -0.1) is 0 Å². The van der Waals surface area contributed by atoms with E-state index in [4.69, 9.17) is 0 Å². The number of fused-ring (bicyclic) bond motifs is 1. The number of nitrogens with one attached hydrogen (secondary N) is 2. The van der Waals surface area contributed by atoms with Gasteiger partial charge in [-0.05, 0) is 25.2 Å². The predicted octanol–water partition coefficient (Wildman–Crippen LogP) is 2.15. The number of rotatable bonds is 5. The van der Waals surface area contributed by atoms with Gasteiger partial charge in [0.1, 0.15) is 5.82 Å². The van der Waals surface area contributed by atoms with Gasteiger partial charge in [-0.1, -0.05) is 13.8 Å². The summed E-state index contributed by atoms with van der Waals surface area (Å²) in [5, 5.41) is 10.3. The fourth-order valence-electron chi connectivity index (χ4n) is 3.29. The minimum absolute atomic E-state index is 0.0397. The minimum atomic E-state index is -0.157. The zero-order valence-corrected chi connectivity index (χ0v) is 14.6. The molecule has 1 aliphatic rings. The van der Waals surface area contributed by atoms with Gasteiger partial charge in [0.25, 0.3) is 0 Å².